The SMILES string of the molecule is CC1CCC(Nc2ncc(Br)cc2F)CC1C. The van der Waals surface area contributed by atoms with Crippen molar-refractivity contribution in [3.05, 3.63) is 22.6 Å². The van der Waals surface area contributed by atoms with Crippen LogP contribution in [0.2, 0.25) is 0 Å². The molecule has 2 rings (SSSR count). The van der Waals surface area contributed by atoms with E-state index in [-0.39, 0.29) is 5.82 Å². The zero-order valence-corrected chi connectivity index (χ0v) is 11.8. The smallest absolute Gasteiger partial charge is 0.166 e. The van der Waals surface area contributed by atoms with Gasteiger partial charge >= 0.3 is 0 Å². The molecule has 0 saturated heterocycles. The van der Waals surface area contributed by atoms with E-state index < -0.39 is 0 Å². The predicted octanol–water partition coefficient (Wildman–Crippen LogP) is 4.22. The lowest BCUT2D eigenvalue weighted by atomic mass is 9.79. The number of anilines is 1. The molecule has 0 aromatic carbocycles. The molecule has 0 bridgehead atoms. The van der Waals surface area contributed by atoms with Crippen LogP contribution < -0.4 is 5.32 Å². The van der Waals surface area contributed by atoms with E-state index in [4.69, 9.17) is 0 Å². The van der Waals surface area contributed by atoms with Crippen LogP contribution in [0.4, 0.5) is 10.2 Å². The molecule has 1 aliphatic carbocycles. The number of halogens is 2. The molecule has 1 aromatic heterocycles. The quantitative estimate of drug-likeness (QED) is 0.884. The first-order valence-electron chi connectivity index (χ1n) is 6.14. The summed E-state index contributed by atoms with van der Waals surface area (Å²) >= 11 is 3.21. The van der Waals surface area contributed by atoms with Gasteiger partial charge in [0.2, 0.25) is 0 Å². The Morgan fingerprint density at radius 1 is 1.35 bits per heavy atom. The van der Waals surface area contributed by atoms with E-state index in [1.54, 1.807) is 6.20 Å². The van der Waals surface area contributed by atoms with Gasteiger partial charge in [-0.2, -0.15) is 0 Å². The Kier molecular flexibility index (Phi) is 4.02. The molecule has 1 aromatic rings. The van der Waals surface area contributed by atoms with E-state index >= 15 is 0 Å². The summed E-state index contributed by atoms with van der Waals surface area (Å²) < 4.78 is 14.3. The Bertz CT molecular complexity index is 397. The number of aromatic nitrogens is 1. The number of pyridine rings is 1. The summed E-state index contributed by atoms with van der Waals surface area (Å²) in [6.45, 7) is 4.56. The number of nitrogens with zero attached hydrogens (tertiary/aromatic N) is 1. The summed E-state index contributed by atoms with van der Waals surface area (Å²) in [6.07, 6.45) is 5.03. The van der Waals surface area contributed by atoms with Crippen LogP contribution in [-0.2, 0) is 0 Å². The maximum atomic E-state index is 13.6. The van der Waals surface area contributed by atoms with E-state index in [2.05, 4.69) is 40.1 Å². The highest BCUT2D eigenvalue weighted by Gasteiger charge is 2.25. The molecule has 1 saturated carbocycles. The highest BCUT2D eigenvalue weighted by molar-refractivity contribution is 9.10. The van der Waals surface area contributed by atoms with Crippen molar-refractivity contribution in [2.45, 2.75) is 39.2 Å². The molecule has 0 spiro atoms. The van der Waals surface area contributed by atoms with Gasteiger partial charge in [0, 0.05) is 16.7 Å². The van der Waals surface area contributed by atoms with Gasteiger partial charge in [0.25, 0.3) is 0 Å². The summed E-state index contributed by atoms with van der Waals surface area (Å²) in [5.41, 5.74) is 0. The van der Waals surface area contributed by atoms with Crippen LogP contribution in [0.1, 0.15) is 33.1 Å². The van der Waals surface area contributed by atoms with Gasteiger partial charge in [0.05, 0.1) is 0 Å². The fraction of sp³-hybridized carbons (Fsp3) is 0.615. The van der Waals surface area contributed by atoms with Gasteiger partial charge in [-0.3, -0.25) is 0 Å². The molecule has 1 aliphatic rings. The molecule has 3 atom stereocenters. The van der Waals surface area contributed by atoms with Gasteiger partial charge in [-0.1, -0.05) is 13.8 Å². The Morgan fingerprint density at radius 3 is 2.76 bits per heavy atom. The van der Waals surface area contributed by atoms with Crippen molar-refractivity contribution in [3.8, 4) is 0 Å². The second-order valence-electron chi connectivity index (χ2n) is 5.09. The topological polar surface area (TPSA) is 24.9 Å². The standard InChI is InChI=1S/C13H18BrFN2/c1-8-3-4-11(5-9(8)2)17-13-12(15)6-10(14)7-16-13/h6-9,11H,3-5H2,1-2H3,(H,16,17). The highest BCUT2D eigenvalue weighted by Crippen LogP contribution is 2.31. The molecule has 94 valence electrons. The number of hydrogen-bond donors (Lipinski definition) is 1. The summed E-state index contributed by atoms with van der Waals surface area (Å²) in [4.78, 5) is 4.08. The molecule has 1 N–H and O–H groups in total. The van der Waals surface area contributed by atoms with E-state index in [1.807, 2.05) is 0 Å². The minimum atomic E-state index is -0.286. The van der Waals surface area contributed by atoms with Gasteiger partial charge in [0.15, 0.2) is 11.6 Å². The summed E-state index contributed by atoms with van der Waals surface area (Å²) in [6, 6.07) is 1.80. The van der Waals surface area contributed by atoms with Gasteiger partial charge in [-0.15, -0.1) is 0 Å². The van der Waals surface area contributed by atoms with Crippen LogP contribution in [0.3, 0.4) is 0 Å². The van der Waals surface area contributed by atoms with Crippen LogP contribution in [0.5, 0.6) is 0 Å². The molecule has 1 fully saturated rings. The highest BCUT2D eigenvalue weighted by atomic mass is 79.9. The number of nitrogens with one attached hydrogen (secondary N) is 1. The van der Waals surface area contributed by atoms with Crippen LogP contribution in [-0.4, -0.2) is 11.0 Å². The van der Waals surface area contributed by atoms with E-state index in [9.17, 15) is 4.39 Å². The van der Waals surface area contributed by atoms with Gasteiger partial charge < -0.3 is 5.32 Å². The molecule has 3 unspecified atom stereocenters. The Balaban J connectivity index is 2.01. The van der Waals surface area contributed by atoms with Crippen molar-refractivity contribution in [1.82, 2.24) is 4.98 Å². The second-order valence-corrected chi connectivity index (χ2v) is 6.01. The van der Waals surface area contributed by atoms with Crippen molar-refractivity contribution in [2.75, 3.05) is 5.32 Å². The van der Waals surface area contributed by atoms with Crippen LogP contribution in [0.25, 0.3) is 0 Å². The Hall–Kier alpha value is -0.640. The van der Waals surface area contributed by atoms with Crippen LogP contribution in [0.15, 0.2) is 16.7 Å². The normalized spacial score (nSPS) is 29.1. The van der Waals surface area contributed by atoms with Crippen LogP contribution in [0, 0.1) is 17.7 Å². The molecular weight excluding hydrogens is 283 g/mol. The second kappa shape index (κ2) is 5.34. The average molecular weight is 301 g/mol. The molecule has 17 heavy (non-hydrogen) atoms. The van der Waals surface area contributed by atoms with Gasteiger partial charge in [0.1, 0.15) is 0 Å². The van der Waals surface area contributed by atoms with Crippen molar-refractivity contribution in [2.24, 2.45) is 11.8 Å². The third-order valence-electron chi connectivity index (χ3n) is 3.75. The molecular formula is C13H18BrFN2. The minimum absolute atomic E-state index is 0.286. The third-order valence-corrected chi connectivity index (χ3v) is 4.18. The van der Waals surface area contributed by atoms with Crippen molar-refractivity contribution < 1.29 is 4.39 Å². The third kappa shape index (κ3) is 3.18. The minimum Gasteiger partial charge on any atom is -0.365 e. The molecule has 0 amide bonds. The van der Waals surface area contributed by atoms with Crippen molar-refractivity contribution in [1.29, 1.82) is 0 Å². The molecule has 2 nitrogen and oxygen atoms in total. The summed E-state index contributed by atoms with van der Waals surface area (Å²) in [5, 5.41) is 3.22. The number of rotatable bonds is 2. The van der Waals surface area contributed by atoms with Gasteiger partial charge in [-0.25, -0.2) is 9.37 Å². The van der Waals surface area contributed by atoms with Crippen molar-refractivity contribution in [3.63, 3.8) is 0 Å². The monoisotopic (exact) mass is 300 g/mol. The maximum absolute atomic E-state index is 13.6. The Labute approximate surface area is 110 Å². The Morgan fingerprint density at radius 2 is 2.12 bits per heavy atom. The molecule has 0 aliphatic heterocycles. The summed E-state index contributed by atoms with van der Waals surface area (Å²) in [7, 11) is 0. The predicted molar refractivity (Wildman–Crippen MR) is 71.5 cm³/mol. The molecule has 0 radical (unpaired) electrons. The first-order valence-corrected chi connectivity index (χ1v) is 6.93. The fourth-order valence-corrected chi connectivity index (χ4v) is 2.70. The zero-order chi connectivity index (χ0) is 12.4. The van der Waals surface area contributed by atoms with Crippen molar-refractivity contribution >= 4 is 21.7 Å². The molecule has 1 heterocycles. The zero-order valence-electron chi connectivity index (χ0n) is 10.2. The average Bonchev–Trinajstić information content (AvgIpc) is 2.27. The van der Waals surface area contributed by atoms with Crippen LogP contribution >= 0.6 is 15.9 Å². The summed E-state index contributed by atoms with van der Waals surface area (Å²) in [5.74, 6) is 1.56. The molecule has 4 heteroatoms. The lowest BCUT2D eigenvalue weighted by molar-refractivity contribution is 0.260. The fourth-order valence-electron chi connectivity index (χ4n) is 2.39. The lowest BCUT2D eigenvalue weighted by Crippen LogP contribution is -2.30. The van der Waals surface area contributed by atoms with Gasteiger partial charge in [-0.05, 0) is 53.1 Å². The maximum Gasteiger partial charge on any atom is 0.166 e. The largest absolute Gasteiger partial charge is 0.365 e. The first-order chi connectivity index (χ1) is 8.06. The van der Waals surface area contributed by atoms with E-state index in [0.29, 0.717) is 22.3 Å². The van der Waals surface area contributed by atoms with E-state index in [1.165, 1.54) is 12.5 Å². The first kappa shape index (κ1) is 12.8. The number of hydrogen-bond acceptors (Lipinski definition) is 2. The van der Waals surface area contributed by atoms with E-state index in [0.717, 1.165) is 18.8 Å². The lowest BCUT2D eigenvalue weighted by Gasteiger charge is -2.32.